The van der Waals surface area contributed by atoms with Gasteiger partial charge in [0.15, 0.2) is 0 Å². The summed E-state index contributed by atoms with van der Waals surface area (Å²) in [6.45, 7) is 0.973. The van der Waals surface area contributed by atoms with Crippen molar-refractivity contribution < 1.29 is 18.8 Å². The average Bonchev–Trinajstić information content (AvgIpc) is 3.24. The molecule has 1 aliphatic heterocycles. The van der Waals surface area contributed by atoms with Crippen molar-refractivity contribution in [3.63, 3.8) is 0 Å². The number of nitro groups is 1. The van der Waals surface area contributed by atoms with Crippen LogP contribution in [0.1, 0.15) is 5.69 Å². The van der Waals surface area contributed by atoms with E-state index in [4.69, 9.17) is 9.47 Å². The van der Waals surface area contributed by atoms with E-state index in [2.05, 4.69) is 9.97 Å². The van der Waals surface area contributed by atoms with Crippen LogP contribution in [0.15, 0.2) is 36.7 Å². The molecule has 3 heterocycles. The van der Waals surface area contributed by atoms with E-state index in [0.717, 1.165) is 11.3 Å². The molecular formula is C17H16FN5O4. The third-order valence-electron chi connectivity index (χ3n) is 4.37. The number of ether oxygens (including phenoxy) is 2. The number of hydrogen-bond acceptors (Lipinski definition) is 6. The number of rotatable bonds is 5. The predicted octanol–water partition coefficient (Wildman–Crippen LogP) is 2.31. The number of hydrogen-bond donors (Lipinski definition) is 0. The highest BCUT2D eigenvalue weighted by Crippen LogP contribution is 2.24. The van der Waals surface area contributed by atoms with Crippen molar-refractivity contribution in [2.45, 2.75) is 19.3 Å². The SMILES string of the molecule is Cn1c(CO[C@@H]2COc3nc([N+](=O)[O-])cn3C2)cnc1-c1ccc(F)cc1. The fourth-order valence-corrected chi connectivity index (χ4v) is 2.91. The first-order chi connectivity index (χ1) is 13.0. The zero-order valence-corrected chi connectivity index (χ0v) is 14.4. The molecule has 4 rings (SSSR count). The van der Waals surface area contributed by atoms with Crippen molar-refractivity contribution in [2.75, 3.05) is 6.61 Å². The molecule has 0 radical (unpaired) electrons. The van der Waals surface area contributed by atoms with Gasteiger partial charge in [-0.05, 0) is 29.2 Å². The van der Waals surface area contributed by atoms with Gasteiger partial charge in [0.1, 0.15) is 30.5 Å². The lowest BCUT2D eigenvalue weighted by molar-refractivity contribution is -0.389. The van der Waals surface area contributed by atoms with Crippen molar-refractivity contribution in [3.05, 3.63) is 58.3 Å². The average molecular weight is 373 g/mol. The van der Waals surface area contributed by atoms with Crippen molar-refractivity contribution in [3.8, 4) is 17.4 Å². The summed E-state index contributed by atoms with van der Waals surface area (Å²) in [4.78, 5) is 18.4. The third-order valence-corrected chi connectivity index (χ3v) is 4.37. The molecule has 0 amide bonds. The number of aromatic nitrogens is 4. The summed E-state index contributed by atoms with van der Waals surface area (Å²) < 4.78 is 27.8. The van der Waals surface area contributed by atoms with Crippen LogP contribution in [0.3, 0.4) is 0 Å². The van der Waals surface area contributed by atoms with E-state index in [1.165, 1.54) is 18.3 Å². The lowest BCUT2D eigenvalue weighted by Crippen LogP contribution is -2.32. The molecule has 1 aromatic carbocycles. The van der Waals surface area contributed by atoms with Crippen molar-refractivity contribution in [1.82, 2.24) is 19.1 Å². The maximum atomic E-state index is 13.1. The third kappa shape index (κ3) is 3.38. The van der Waals surface area contributed by atoms with Gasteiger partial charge in [0.05, 0.1) is 25.0 Å². The highest BCUT2D eigenvalue weighted by molar-refractivity contribution is 5.55. The molecule has 0 N–H and O–H groups in total. The molecular weight excluding hydrogens is 357 g/mol. The molecule has 1 atom stereocenters. The second-order valence-electron chi connectivity index (χ2n) is 6.17. The first-order valence-corrected chi connectivity index (χ1v) is 8.24. The highest BCUT2D eigenvalue weighted by Gasteiger charge is 2.28. The minimum Gasteiger partial charge on any atom is -0.443 e. The monoisotopic (exact) mass is 373 g/mol. The smallest absolute Gasteiger partial charge is 0.414 e. The first-order valence-electron chi connectivity index (χ1n) is 8.24. The van der Waals surface area contributed by atoms with Gasteiger partial charge >= 0.3 is 11.8 Å². The van der Waals surface area contributed by atoms with Crippen molar-refractivity contribution in [2.24, 2.45) is 7.05 Å². The number of halogens is 1. The zero-order chi connectivity index (χ0) is 19.0. The van der Waals surface area contributed by atoms with Crippen LogP contribution in [-0.2, 0) is 24.9 Å². The Kier molecular flexibility index (Phi) is 4.32. The standard InChI is InChI=1S/C17H16FN5O4/c1-21-13(6-19-16(21)11-2-4-12(18)5-3-11)9-26-14-7-22-8-15(23(24)25)20-17(22)27-10-14/h2-6,8,14H,7,9-10H2,1H3/t14-/m0/s1. The molecule has 1 aliphatic rings. The van der Waals surface area contributed by atoms with E-state index in [-0.39, 0.29) is 30.4 Å². The van der Waals surface area contributed by atoms with Crippen LogP contribution in [0.2, 0.25) is 0 Å². The van der Waals surface area contributed by atoms with Crippen LogP contribution < -0.4 is 4.74 Å². The summed E-state index contributed by atoms with van der Waals surface area (Å²) in [6, 6.07) is 6.35. The van der Waals surface area contributed by atoms with Crippen LogP contribution in [0, 0.1) is 15.9 Å². The summed E-state index contributed by atoms with van der Waals surface area (Å²) in [5, 5.41) is 10.8. The van der Waals surface area contributed by atoms with Crippen LogP contribution in [0.4, 0.5) is 10.2 Å². The molecule has 10 heteroatoms. The molecule has 0 fully saturated rings. The van der Waals surface area contributed by atoms with Gasteiger partial charge in [0.25, 0.3) is 0 Å². The molecule has 0 unspecified atom stereocenters. The van der Waals surface area contributed by atoms with E-state index < -0.39 is 4.92 Å². The molecule has 0 aliphatic carbocycles. The number of nitrogens with zero attached hydrogens (tertiary/aromatic N) is 5. The van der Waals surface area contributed by atoms with Gasteiger partial charge in [-0.3, -0.25) is 4.57 Å². The van der Waals surface area contributed by atoms with E-state index in [0.29, 0.717) is 19.0 Å². The quantitative estimate of drug-likeness (QED) is 0.503. The van der Waals surface area contributed by atoms with Crippen LogP contribution >= 0.6 is 0 Å². The predicted molar refractivity (Wildman–Crippen MR) is 91.6 cm³/mol. The Morgan fingerprint density at radius 2 is 2.19 bits per heavy atom. The molecule has 9 nitrogen and oxygen atoms in total. The first kappa shape index (κ1) is 17.2. The Labute approximate surface area is 153 Å². The zero-order valence-electron chi connectivity index (χ0n) is 14.4. The Bertz CT molecular complexity index is 982. The van der Waals surface area contributed by atoms with Crippen LogP contribution in [0.25, 0.3) is 11.4 Å². The maximum Gasteiger partial charge on any atom is 0.414 e. The Morgan fingerprint density at radius 1 is 1.41 bits per heavy atom. The van der Waals surface area contributed by atoms with E-state index in [1.54, 1.807) is 22.9 Å². The normalized spacial score (nSPS) is 16.0. The van der Waals surface area contributed by atoms with Crippen LogP contribution in [-0.4, -0.2) is 36.7 Å². The minimum atomic E-state index is -0.558. The second kappa shape index (κ2) is 6.80. The summed E-state index contributed by atoms with van der Waals surface area (Å²) in [6.07, 6.45) is 2.77. The van der Waals surface area contributed by atoms with E-state index in [1.807, 2.05) is 11.6 Å². The number of imidazole rings is 2. The molecule has 0 bridgehead atoms. The molecule has 3 aromatic rings. The van der Waals surface area contributed by atoms with Crippen molar-refractivity contribution >= 4 is 5.82 Å². The van der Waals surface area contributed by atoms with Gasteiger partial charge in [-0.25, -0.2) is 9.37 Å². The van der Waals surface area contributed by atoms with Gasteiger partial charge < -0.3 is 24.2 Å². The molecule has 0 saturated heterocycles. The van der Waals surface area contributed by atoms with E-state index in [9.17, 15) is 14.5 Å². The molecule has 27 heavy (non-hydrogen) atoms. The summed E-state index contributed by atoms with van der Waals surface area (Å²) >= 11 is 0. The molecule has 0 saturated carbocycles. The number of benzene rings is 1. The summed E-state index contributed by atoms with van der Waals surface area (Å²) in [5.41, 5.74) is 1.65. The maximum absolute atomic E-state index is 13.1. The van der Waals surface area contributed by atoms with Gasteiger partial charge in [-0.2, -0.15) is 0 Å². The Hall–Kier alpha value is -3.27. The van der Waals surface area contributed by atoms with Gasteiger partial charge in [-0.15, -0.1) is 0 Å². The Balaban J connectivity index is 1.42. The van der Waals surface area contributed by atoms with Crippen molar-refractivity contribution in [1.29, 1.82) is 0 Å². The van der Waals surface area contributed by atoms with Crippen LogP contribution in [0.5, 0.6) is 6.01 Å². The molecule has 140 valence electrons. The Morgan fingerprint density at radius 3 is 2.93 bits per heavy atom. The minimum absolute atomic E-state index is 0.223. The van der Waals surface area contributed by atoms with Gasteiger partial charge in [-0.1, -0.05) is 0 Å². The summed E-state index contributed by atoms with van der Waals surface area (Å²) in [7, 11) is 1.86. The second-order valence-corrected chi connectivity index (χ2v) is 6.17. The lowest BCUT2D eigenvalue weighted by atomic mass is 10.2. The summed E-state index contributed by atoms with van der Waals surface area (Å²) in [5.74, 6) is 0.162. The van der Waals surface area contributed by atoms with E-state index >= 15 is 0 Å². The fourth-order valence-electron chi connectivity index (χ4n) is 2.91. The van der Waals surface area contributed by atoms with Gasteiger partial charge in [0.2, 0.25) is 0 Å². The molecule has 0 spiro atoms. The topological polar surface area (TPSA) is 97.2 Å². The number of fused-ring (bicyclic) bond motifs is 1. The lowest BCUT2D eigenvalue weighted by Gasteiger charge is -2.22. The highest BCUT2D eigenvalue weighted by atomic mass is 19.1. The molecule has 2 aromatic heterocycles. The fraction of sp³-hybridized carbons (Fsp3) is 0.294. The van der Waals surface area contributed by atoms with Gasteiger partial charge in [0, 0.05) is 17.6 Å². The largest absolute Gasteiger partial charge is 0.443 e.